The third-order valence-electron chi connectivity index (χ3n) is 4.13. The summed E-state index contributed by atoms with van der Waals surface area (Å²) in [4.78, 5) is 29.2. The van der Waals surface area contributed by atoms with E-state index in [0.29, 0.717) is 11.3 Å². The van der Waals surface area contributed by atoms with E-state index in [1.165, 1.54) is 5.48 Å². The van der Waals surface area contributed by atoms with Crippen LogP contribution in [0.15, 0.2) is 35.0 Å². The number of halogens is 4. The number of thiophene rings is 1. The van der Waals surface area contributed by atoms with Gasteiger partial charge in [0.1, 0.15) is 11.4 Å². The van der Waals surface area contributed by atoms with Crippen molar-refractivity contribution in [1.29, 1.82) is 0 Å². The van der Waals surface area contributed by atoms with Gasteiger partial charge in [-0.1, -0.05) is 12.1 Å². The molecule has 0 unspecified atom stereocenters. The van der Waals surface area contributed by atoms with Crippen LogP contribution >= 0.6 is 11.3 Å². The van der Waals surface area contributed by atoms with Gasteiger partial charge < -0.3 is 15.2 Å². The van der Waals surface area contributed by atoms with Crippen molar-refractivity contribution < 1.29 is 51.4 Å². The van der Waals surface area contributed by atoms with Crippen LogP contribution < -0.4 is 15.5 Å². The van der Waals surface area contributed by atoms with E-state index < -0.39 is 83.2 Å². The summed E-state index contributed by atoms with van der Waals surface area (Å²) >= 11 is 0.710. The summed E-state index contributed by atoms with van der Waals surface area (Å²) in [5, 5.41) is 12.7. The minimum atomic E-state index is -3.55. The molecule has 0 saturated heterocycles. The Balaban J connectivity index is 1.90. The van der Waals surface area contributed by atoms with Crippen molar-refractivity contribution in [3.05, 3.63) is 69.4 Å². The van der Waals surface area contributed by atoms with Crippen LogP contribution in [-0.2, 0) is 4.84 Å². The lowest BCUT2D eigenvalue weighted by Gasteiger charge is -2.14. The van der Waals surface area contributed by atoms with Gasteiger partial charge in [-0.3, -0.25) is 14.4 Å². The summed E-state index contributed by atoms with van der Waals surface area (Å²) < 4.78 is 114. The number of hydrogen-bond acceptors (Lipinski definition) is 6. The maximum absolute atomic E-state index is 14.9. The van der Waals surface area contributed by atoms with E-state index in [4.69, 9.17) is 14.7 Å². The lowest BCUT2D eigenvalue weighted by atomic mass is 10.0. The summed E-state index contributed by atoms with van der Waals surface area (Å²) in [7, 11) is -2.93. The van der Waals surface area contributed by atoms with E-state index in [1.807, 2.05) is 0 Å². The zero-order valence-corrected chi connectivity index (χ0v) is 16.8. The first-order chi connectivity index (χ1) is 18.3. The average molecular weight is 491 g/mol. The zero-order chi connectivity index (χ0) is 30.2. The number of methoxy groups -OCH3 is 1. The van der Waals surface area contributed by atoms with E-state index in [2.05, 4.69) is 9.57 Å². The molecule has 1 heterocycles. The number of carbonyl (C=O) groups is 2. The predicted molar refractivity (Wildman–Crippen MR) is 111 cm³/mol. The molecular weight excluding hydrogens is 468 g/mol. The Bertz CT molecular complexity index is 1440. The Hall–Kier alpha value is -3.48. The maximum Gasteiger partial charge on any atom is 0.276 e. The number of carbonyl (C=O) groups excluding carboxylic acids is 2. The van der Waals surface area contributed by atoms with Crippen molar-refractivity contribution in [3.63, 3.8) is 0 Å². The molecule has 1 aromatic heterocycles. The van der Waals surface area contributed by atoms with Crippen molar-refractivity contribution >= 4 is 28.8 Å². The molecule has 0 bridgehead atoms. The summed E-state index contributed by atoms with van der Waals surface area (Å²) in [6.45, 7) is -6.98. The molecule has 3 N–H and O–H groups in total. The first-order valence-electron chi connectivity index (χ1n) is 12.1. The predicted octanol–water partition coefficient (Wildman–Crippen LogP) is 3.89. The molecule has 0 atom stereocenters. The van der Waals surface area contributed by atoms with Gasteiger partial charge in [0.05, 0.1) is 46.4 Å². The second-order valence-electron chi connectivity index (χ2n) is 6.04. The molecule has 2 amide bonds. The summed E-state index contributed by atoms with van der Waals surface area (Å²) in [5.41, 5.74) is -2.97. The van der Waals surface area contributed by atoms with Crippen molar-refractivity contribution in [2.75, 3.05) is 25.5 Å². The molecule has 3 rings (SSSR count). The van der Waals surface area contributed by atoms with Crippen LogP contribution in [0.1, 0.15) is 30.3 Å². The van der Waals surface area contributed by atoms with Gasteiger partial charge in [-0.25, -0.2) is 23.0 Å². The van der Waals surface area contributed by atoms with E-state index in [0.717, 1.165) is 35.0 Å². The van der Waals surface area contributed by atoms with Crippen LogP contribution in [0, 0.1) is 23.3 Å². The van der Waals surface area contributed by atoms with Crippen LogP contribution in [0.3, 0.4) is 0 Å². The number of rotatable bonds is 8. The highest BCUT2D eigenvalue weighted by Crippen LogP contribution is 2.36. The van der Waals surface area contributed by atoms with Gasteiger partial charge in [0.2, 0.25) is 0 Å². The Kier molecular flexibility index (Phi) is 5.11. The molecule has 0 fully saturated rings. The zero-order valence-electron chi connectivity index (χ0n) is 23.0. The largest absolute Gasteiger partial charge is 0.497 e. The van der Waals surface area contributed by atoms with Crippen molar-refractivity contribution in [3.8, 4) is 16.9 Å². The fourth-order valence-electron chi connectivity index (χ4n) is 2.69. The fourth-order valence-corrected chi connectivity index (χ4v) is 3.50. The monoisotopic (exact) mass is 491 g/mol. The second kappa shape index (κ2) is 10.4. The molecule has 0 aliphatic heterocycles. The van der Waals surface area contributed by atoms with Gasteiger partial charge in [0.25, 0.3) is 11.8 Å². The van der Waals surface area contributed by atoms with E-state index in [1.54, 1.807) is 5.32 Å². The van der Waals surface area contributed by atoms with Crippen LogP contribution in [0.4, 0.5) is 23.2 Å². The lowest BCUT2D eigenvalue weighted by Crippen LogP contribution is -2.27. The topological polar surface area (TPSA) is 96.9 Å². The summed E-state index contributed by atoms with van der Waals surface area (Å²) in [6, 6.07) is 4.09. The molecule has 0 aliphatic rings. The van der Waals surface area contributed by atoms with Gasteiger partial charge in [0.15, 0.2) is 23.3 Å². The molecule has 3 aromatic rings. The molecule has 2 aromatic carbocycles. The van der Waals surface area contributed by atoms with Gasteiger partial charge in [-0.05, 0) is 17.7 Å². The fraction of sp³-hybridized carbons (Fsp3) is 0.143. The van der Waals surface area contributed by atoms with Crippen molar-refractivity contribution in [2.24, 2.45) is 0 Å². The van der Waals surface area contributed by atoms with E-state index in [9.17, 15) is 27.2 Å². The first-order valence-corrected chi connectivity index (χ1v) is 9.52. The van der Waals surface area contributed by atoms with Crippen LogP contribution in [0.2, 0.25) is 0 Å². The summed E-state index contributed by atoms with van der Waals surface area (Å²) in [6.07, 6.45) is 0. The Morgan fingerprint density at radius 2 is 1.76 bits per heavy atom. The first kappa shape index (κ1) is 16.2. The highest BCUT2D eigenvalue weighted by Gasteiger charge is 2.29. The van der Waals surface area contributed by atoms with Crippen LogP contribution in [-0.4, -0.2) is 37.1 Å². The van der Waals surface area contributed by atoms with Gasteiger partial charge in [-0.2, -0.15) is 11.3 Å². The van der Waals surface area contributed by atoms with Crippen molar-refractivity contribution in [2.45, 2.75) is 0 Å². The Morgan fingerprint density at radius 1 is 1.09 bits per heavy atom. The number of hydroxylamine groups is 1. The van der Waals surface area contributed by atoms with Crippen LogP contribution in [0.25, 0.3) is 11.1 Å². The average Bonchev–Trinajstić information content (AvgIpc) is 3.33. The van der Waals surface area contributed by atoms with E-state index in [-0.39, 0.29) is 5.75 Å². The number of ether oxygens (including phenoxy) is 1. The smallest absolute Gasteiger partial charge is 0.276 e. The normalized spacial score (nSPS) is 15.1. The molecule has 0 radical (unpaired) electrons. The van der Waals surface area contributed by atoms with Crippen LogP contribution in [0.5, 0.6) is 5.75 Å². The van der Waals surface area contributed by atoms with Gasteiger partial charge in [0, 0.05) is 10.8 Å². The molecule has 12 heteroatoms. The lowest BCUT2D eigenvalue weighted by molar-refractivity contribution is 0.0168. The SMILES string of the molecule is [2H]C([2H])([2H])Oc1cccc(-c2c(F)c(F)c(NC(=O)c3cscc3C(=O)NOC([2H])([2H])C([2H])([2H])O)c(F)c2F)c1. The minimum absolute atomic E-state index is 0.384. The highest BCUT2D eigenvalue weighted by atomic mass is 32.1. The Labute approximate surface area is 198 Å². The molecule has 0 spiro atoms. The Morgan fingerprint density at radius 3 is 2.39 bits per heavy atom. The number of anilines is 1. The molecule has 0 saturated carbocycles. The number of hydrogen-bond donors (Lipinski definition) is 3. The standard InChI is InChI=1S/C21H16F4N2O5S/c1-31-11-4-2-3-10(7-11)14-15(22)17(24)19(18(25)16(14)23)26-20(29)12-8-33-9-13(12)21(30)27-32-6-5-28/h2-4,7-9,28H,5-6H2,1H3,(H,26,29)(H,27,30)/i1D3,5D2,6D2. The second-order valence-corrected chi connectivity index (χ2v) is 6.78. The molecule has 174 valence electrons. The highest BCUT2D eigenvalue weighted by molar-refractivity contribution is 7.08. The number of nitrogens with one attached hydrogen (secondary N) is 2. The maximum atomic E-state index is 14.9. The van der Waals surface area contributed by atoms with Gasteiger partial charge in [-0.15, -0.1) is 0 Å². The number of aliphatic hydroxyl groups is 1. The molecule has 0 aliphatic carbocycles. The molecule has 7 nitrogen and oxygen atoms in total. The summed E-state index contributed by atoms with van der Waals surface area (Å²) in [5.74, 6) is -11.1. The third kappa shape index (κ3) is 4.97. The van der Waals surface area contributed by atoms with Crippen molar-refractivity contribution in [1.82, 2.24) is 5.48 Å². The third-order valence-corrected chi connectivity index (χ3v) is 4.88. The number of benzene rings is 2. The molecule has 33 heavy (non-hydrogen) atoms. The van der Waals surface area contributed by atoms with E-state index >= 15 is 0 Å². The number of amides is 2. The molecular formula is C21H16F4N2O5S. The quantitative estimate of drug-likeness (QED) is 0.253. The van der Waals surface area contributed by atoms with Gasteiger partial charge >= 0.3 is 0 Å². The minimum Gasteiger partial charge on any atom is -0.497 e.